The second-order valence-corrected chi connectivity index (χ2v) is 10.6. The van der Waals surface area contributed by atoms with Crippen molar-refractivity contribution in [3.8, 4) is 33.8 Å². The number of ether oxygens (including phenoxy) is 1. The van der Waals surface area contributed by atoms with Gasteiger partial charge in [0.1, 0.15) is 11.5 Å². The predicted molar refractivity (Wildman–Crippen MR) is 182 cm³/mol. The van der Waals surface area contributed by atoms with E-state index in [0.717, 1.165) is 21.5 Å². The van der Waals surface area contributed by atoms with E-state index in [1.54, 1.807) is 0 Å². The van der Waals surface area contributed by atoms with Crippen LogP contribution in [-0.2, 0) is 0 Å². The lowest BCUT2D eigenvalue weighted by molar-refractivity contribution is 0.498. The fourth-order valence-corrected chi connectivity index (χ4v) is 6.54. The van der Waals surface area contributed by atoms with Crippen molar-refractivity contribution < 1.29 is 22.6 Å². The number of hydrogen-bond acceptors (Lipinski definition) is 1. The minimum absolute atomic E-state index is 0.0386. The topological polar surface area (TPSA) is 9.23 Å². The van der Waals surface area contributed by atoms with Gasteiger partial charge < -0.3 is 4.74 Å². The normalized spacial score (nSPS) is 16.6. The molecule has 198 valence electrons. The summed E-state index contributed by atoms with van der Waals surface area (Å²) in [6.45, 7) is 0. The molecular formula is C42H24O. The lowest BCUT2D eigenvalue weighted by atomic mass is 9.84. The summed E-state index contributed by atoms with van der Waals surface area (Å²) < 4.78 is 124. The van der Waals surface area contributed by atoms with E-state index in [1.165, 1.54) is 0 Å². The largest absolute Gasteiger partial charge is 0.455 e. The average molecular weight is 558 g/mol. The Morgan fingerprint density at radius 3 is 2.07 bits per heavy atom. The molecule has 0 aromatic heterocycles. The van der Waals surface area contributed by atoms with Gasteiger partial charge in [0, 0.05) is 21.7 Å². The van der Waals surface area contributed by atoms with E-state index in [9.17, 15) is 6.85 Å². The first-order chi connectivity index (χ1) is 26.8. The van der Waals surface area contributed by atoms with E-state index in [2.05, 4.69) is 0 Å². The molecule has 1 aliphatic rings. The maximum atomic E-state index is 10.1. The molecule has 0 spiro atoms. The summed E-state index contributed by atoms with van der Waals surface area (Å²) in [4.78, 5) is 0. The minimum atomic E-state index is -0.624. The molecule has 0 amide bonds. The molecule has 0 aliphatic carbocycles. The molecule has 10 rings (SSSR count). The molecule has 43 heavy (non-hydrogen) atoms. The Labute approximate surface area is 266 Å². The van der Waals surface area contributed by atoms with Gasteiger partial charge in [-0.1, -0.05) is 127 Å². The van der Waals surface area contributed by atoms with E-state index in [-0.39, 0.29) is 66.5 Å². The van der Waals surface area contributed by atoms with Crippen LogP contribution >= 0.6 is 0 Å². The molecule has 0 unspecified atom stereocenters. The number of rotatable bonds is 1. The van der Waals surface area contributed by atoms with Gasteiger partial charge in [0.05, 0.1) is 17.8 Å². The summed E-state index contributed by atoms with van der Waals surface area (Å²) in [5, 5.41) is 3.93. The third-order valence-corrected chi connectivity index (χ3v) is 8.38. The summed E-state index contributed by atoms with van der Waals surface area (Å²) in [5.74, 6) is -0.521. The van der Waals surface area contributed by atoms with E-state index in [4.69, 9.17) is 15.7 Å². The molecule has 0 saturated heterocycles. The lowest BCUT2D eigenvalue weighted by Crippen LogP contribution is -2.00. The Bertz CT molecular complexity index is 3380. The van der Waals surface area contributed by atoms with Gasteiger partial charge in [-0.25, -0.2) is 0 Å². The van der Waals surface area contributed by atoms with Crippen LogP contribution in [0, 0.1) is 0 Å². The van der Waals surface area contributed by atoms with Gasteiger partial charge in [-0.2, -0.15) is 0 Å². The molecule has 1 aliphatic heterocycles. The monoisotopic (exact) mass is 557 g/mol. The Morgan fingerprint density at radius 2 is 1.16 bits per heavy atom. The van der Waals surface area contributed by atoms with Crippen LogP contribution in [0.1, 0.15) is 17.8 Å². The maximum absolute atomic E-state index is 10.1. The second kappa shape index (κ2) is 8.44. The molecule has 0 bridgehead atoms. The summed E-state index contributed by atoms with van der Waals surface area (Å²) in [7, 11) is 0. The average Bonchev–Trinajstić information content (AvgIpc) is 3.20. The second-order valence-electron chi connectivity index (χ2n) is 10.6. The third-order valence-electron chi connectivity index (χ3n) is 8.38. The molecule has 0 fully saturated rings. The van der Waals surface area contributed by atoms with Crippen molar-refractivity contribution in [3.05, 3.63) is 145 Å². The molecule has 1 heterocycles. The zero-order valence-corrected chi connectivity index (χ0v) is 22.3. The van der Waals surface area contributed by atoms with Crippen LogP contribution in [0.3, 0.4) is 0 Å². The number of hydrogen-bond donors (Lipinski definition) is 0. The van der Waals surface area contributed by atoms with Gasteiger partial charge >= 0.3 is 0 Å². The highest BCUT2D eigenvalue weighted by Gasteiger charge is 2.26. The van der Waals surface area contributed by atoms with Gasteiger partial charge in [-0.05, 0) is 83.3 Å². The smallest absolute Gasteiger partial charge is 0.143 e. The summed E-state index contributed by atoms with van der Waals surface area (Å²) in [6, 6.07) is 14.4. The van der Waals surface area contributed by atoms with Crippen LogP contribution in [0.2, 0.25) is 0 Å². The van der Waals surface area contributed by atoms with Crippen LogP contribution in [0.15, 0.2) is 145 Å². The fourth-order valence-electron chi connectivity index (χ4n) is 6.54. The molecule has 0 atom stereocenters. The minimum Gasteiger partial charge on any atom is -0.455 e. The van der Waals surface area contributed by atoms with E-state index >= 15 is 0 Å². The van der Waals surface area contributed by atoms with Crippen molar-refractivity contribution in [2.24, 2.45) is 0 Å². The number of benzene rings is 9. The molecule has 9 aromatic carbocycles. The first-order valence-electron chi connectivity index (χ1n) is 20.3. The van der Waals surface area contributed by atoms with Crippen molar-refractivity contribution in [1.29, 1.82) is 0 Å². The highest BCUT2D eigenvalue weighted by Crippen LogP contribution is 2.54. The van der Waals surface area contributed by atoms with Crippen molar-refractivity contribution in [3.63, 3.8) is 0 Å². The molecule has 1 nitrogen and oxygen atoms in total. The van der Waals surface area contributed by atoms with Crippen molar-refractivity contribution in [1.82, 2.24) is 0 Å². The van der Waals surface area contributed by atoms with Crippen LogP contribution in [0.25, 0.3) is 86.9 Å². The van der Waals surface area contributed by atoms with Crippen LogP contribution in [-0.4, -0.2) is 0 Å². The maximum Gasteiger partial charge on any atom is 0.143 e. The summed E-state index contributed by atoms with van der Waals surface area (Å²) in [5.41, 5.74) is 0.403. The number of fused-ring (bicyclic) bond motifs is 10. The van der Waals surface area contributed by atoms with Crippen LogP contribution < -0.4 is 4.74 Å². The first-order valence-corrected chi connectivity index (χ1v) is 13.8. The van der Waals surface area contributed by atoms with Gasteiger partial charge in [0.2, 0.25) is 0 Å². The standard InChI is InChI=1S/C42H24O/c1-4-14-29-25(10-1)20-21-34-36(29)23-27-12-2-5-15-30(27)40(34)37-24-38-33-19-9-13-28-22-26-11-3-6-16-31(26)42(39(28)33)43-41(38)35-18-8-7-17-32(35)37/h1-24H/i3D,6D,7D,8D,9D,11D,13D,16D,17D,18D,19D,22D,24D. The molecular weight excluding hydrogens is 520 g/mol. The van der Waals surface area contributed by atoms with Crippen molar-refractivity contribution in [2.45, 2.75) is 0 Å². The molecule has 1 heteroatoms. The molecule has 0 saturated carbocycles. The lowest BCUT2D eigenvalue weighted by Gasteiger charge is -2.26. The van der Waals surface area contributed by atoms with Crippen LogP contribution in [0.5, 0.6) is 11.5 Å². The van der Waals surface area contributed by atoms with E-state index in [0.29, 0.717) is 16.3 Å². The Hall–Kier alpha value is -5.66. The van der Waals surface area contributed by atoms with Gasteiger partial charge in [0.15, 0.2) is 0 Å². The van der Waals surface area contributed by atoms with E-state index < -0.39 is 72.5 Å². The van der Waals surface area contributed by atoms with E-state index in [1.807, 2.05) is 66.7 Å². The Kier molecular flexibility index (Phi) is 2.75. The highest BCUT2D eigenvalue weighted by molar-refractivity contribution is 6.24. The van der Waals surface area contributed by atoms with Gasteiger partial charge in [-0.3, -0.25) is 0 Å². The third kappa shape index (κ3) is 3.11. The summed E-state index contributed by atoms with van der Waals surface area (Å²) >= 11 is 0. The van der Waals surface area contributed by atoms with Crippen molar-refractivity contribution >= 4 is 64.6 Å². The van der Waals surface area contributed by atoms with Gasteiger partial charge in [0.25, 0.3) is 0 Å². The van der Waals surface area contributed by atoms with Crippen molar-refractivity contribution in [2.75, 3.05) is 0 Å². The summed E-state index contributed by atoms with van der Waals surface area (Å²) in [6.07, 6.45) is 0. The molecule has 0 radical (unpaired) electrons. The van der Waals surface area contributed by atoms with Crippen LogP contribution in [0.4, 0.5) is 0 Å². The quantitative estimate of drug-likeness (QED) is 0.144. The zero-order valence-electron chi connectivity index (χ0n) is 35.3. The first kappa shape index (κ1) is 14.0. The Morgan fingerprint density at radius 1 is 0.419 bits per heavy atom. The predicted octanol–water partition coefficient (Wildman–Crippen LogP) is 12.0. The fraction of sp³-hybridized carbons (Fsp3) is 0. The van der Waals surface area contributed by atoms with Gasteiger partial charge in [-0.15, -0.1) is 0 Å². The highest BCUT2D eigenvalue weighted by atomic mass is 16.5. The Balaban J connectivity index is 1.52. The SMILES string of the molecule is [2H]c1c([2H])c([2H])c2c(-c3c4ccccc4cc4c3ccc3ccccc34)c([2H])c3c(c2c1[2H])Oc1c2c([2H])c([2H])c([2H])c([2H])c2c([2H])c2c([2H])c([2H])c([2H])c-3c12. The molecule has 0 N–H and O–H groups in total. The molecule has 9 aromatic rings. The zero-order chi connectivity index (χ0) is 39.4.